The first-order chi connectivity index (χ1) is 9.89. The van der Waals surface area contributed by atoms with Crippen molar-refractivity contribution in [2.24, 2.45) is 5.41 Å². The molecule has 1 aliphatic rings. The normalized spacial score (nSPS) is 16.5. The maximum Gasteiger partial charge on any atom is 0.140 e. The summed E-state index contributed by atoms with van der Waals surface area (Å²) in [6.07, 6.45) is 4.87. The number of Topliss-reactive ketones (excluding diaryl/α,β-unsaturated/α-hetero) is 1. The predicted octanol–water partition coefficient (Wildman–Crippen LogP) is 4.18. The van der Waals surface area contributed by atoms with Crippen LogP contribution < -0.4 is 0 Å². The first kappa shape index (κ1) is 16.1. The van der Waals surface area contributed by atoms with E-state index < -0.39 is 7.14 Å². The van der Waals surface area contributed by atoms with E-state index in [0.717, 1.165) is 24.8 Å². The van der Waals surface area contributed by atoms with Gasteiger partial charge in [-0.1, -0.05) is 36.5 Å². The van der Waals surface area contributed by atoms with Crippen LogP contribution in [0.5, 0.6) is 0 Å². The Kier molecular flexibility index (Phi) is 5.07. The topological polar surface area (TPSA) is 34.1 Å². The molecule has 0 aromatic heterocycles. The van der Waals surface area contributed by atoms with Crippen molar-refractivity contribution < 1.29 is 9.36 Å². The molecule has 2 nitrogen and oxygen atoms in total. The Labute approximate surface area is 127 Å². The lowest BCUT2D eigenvalue weighted by Crippen LogP contribution is -2.32. The molecule has 1 fully saturated rings. The molecule has 0 atom stereocenters. The summed E-state index contributed by atoms with van der Waals surface area (Å²) in [6, 6.07) is 9.93. The molecule has 1 aliphatic carbocycles. The lowest BCUT2D eigenvalue weighted by atomic mass is 9.64. The minimum atomic E-state index is -2.25. The second-order valence-corrected chi connectivity index (χ2v) is 10.1. The minimum Gasteiger partial charge on any atom is -0.324 e. The average molecular weight is 302 g/mol. The largest absolute Gasteiger partial charge is 0.324 e. The maximum absolute atomic E-state index is 12.1. The number of hydrogen-bond acceptors (Lipinski definition) is 2. The molecular formula is C18H23O2P. The van der Waals surface area contributed by atoms with E-state index in [1.54, 1.807) is 13.3 Å². The molecule has 1 saturated carbocycles. The number of benzene rings is 1. The number of ketones is 1. The summed E-state index contributed by atoms with van der Waals surface area (Å²) in [5.41, 5.74) is 1.07. The van der Waals surface area contributed by atoms with Crippen LogP contribution >= 0.6 is 7.14 Å². The van der Waals surface area contributed by atoms with Crippen molar-refractivity contribution in [2.75, 3.05) is 19.5 Å². The van der Waals surface area contributed by atoms with Gasteiger partial charge in [-0.15, -0.1) is 0 Å². The highest BCUT2D eigenvalue weighted by Crippen LogP contribution is 2.48. The van der Waals surface area contributed by atoms with Gasteiger partial charge in [0.15, 0.2) is 0 Å². The van der Waals surface area contributed by atoms with E-state index in [9.17, 15) is 9.36 Å². The van der Waals surface area contributed by atoms with Gasteiger partial charge in [0.2, 0.25) is 0 Å². The van der Waals surface area contributed by atoms with E-state index in [-0.39, 0.29) is 17.4 Å². The molecule has 1 aromatic rings. The lowest BCUT2D eigenvalue weighted by Gasteiger charge is -2.40. The SMILES string of the molecule is CP(C)(=O)CC(=O)CC1(CC#Cc2ccccc2)CCC1. The standard InChI is InChI=1S/C18H23O2P/c1-21(2,20)15-17(19)14-18(12-7-13-18)11-6-10-16-8-4-3-5-9-16/h3-5,8-9H,7,11-15H2,1-2H3. The highest BCUT2D eigenvalue weighted by molar-refractivity contribution is 7.63. The quantitative estimate of drug-likeness (QED) is 0.604. The Morgan fingerprint density at radius 1 is 1.24 bits per heavy atom. The van der Waals surface area contributed by atoms with Gasteiger partial charge in [0, 0.05) is 18.4 Å². The van der Waals surface area contributed by atoms with Gasteiger partial charge >= 0.3 is 0 Å². The van der Waals surface area contributed by atoms with Crippen LogP contribution in [-0.4, -0.2) is 25.3 Å². The molecule has 0 saturated heterocycles. The summed E-state index contributed by atoms with van der Waals surface area (Å²) in [6.45, 7) is 3.38. The van der Waals surface area contributed by atoms with Crippen LogP contribution in [0.3, 0.4) is 0 Å². The van der Waals surface area contributed by atoms with Gasteiger partial charge in [-0.3, -0.25) is 4.79 Å². The third-order valence-corrected chi connectivity index (χ3v) is 5.13. The fraction of sp³-hybridized carbons (Fsp3) is 0.500. The minimum absolute atomic E-state index is 0.0496. The Bertz CT molecular complexity index is 597. The number of carbonyl (C=O) groups is 1. The Morgan fingerprint density at radius 3 is 2.43 bits per heavy atom. The molecule has 0 N–H and O–H groups in total. The first-order valence-corrected chi connectivity index (χ1v) is 10.3. The highest BCUT2D eigenvalue weighted by atomic mass is 31.2. The molecule has 0 aliphatic heterocycles. The van der Waals surface area contributed by atoms with Crippen molar-refractivity contribution in [1.82, 2.24) is 0 Å². The molecule has 0 bridgehead atoms. The van der Waals surface area contributed by atoms with Crippen LogP contribution in [-0.2, 0) is 9.36 Å². The van der Waals surface area contributed by atoms with Crippen LogP contribution in [0.2, 0.25) is 0 Å². The summed E-state index contributed by atoms with van der Waals surface area (Å²) >= 11 is 0. The summed E-state index contributed by atoms with van der Waals surface area (Å²) in [5.74, 6) is 6.56. The second-order valence-electron chi connectivity index (χ2n) is 6.65. The maximum atomic E-state index is 12.1. The zero-order valence-electron chi connectivity index (χ0n) is 12.9. The molecule has 0 amide bonds. The Balaban J connectivity index is 1.95. The van der Waals surface area contributed by atoms with Gasteiger partial charge in [0.25, 0.3) is 0 Å². The van der Waals surface area contributed by atoms with Gasteiger partial charge in [-0.2, -0.15) is 0 Å². The van der Waals surface area contributed by atoms with Gasteiger partial charge in [0.1, 0.15) is 5.78 Å². The van der Waals surface area contributed by atoms with Crippen molar-refractivity contribution in [3.8, 4) is 11.8 Å². The average Bonchev–Trinajstić information content (AvgIpc) is 2.34. The van der Waals surface area contributed by atoms with Crippen molar-refractivity contribution in [2.45, 2.75) is 32.1 Å². The summed E-state index contributed by atoms with van der Waals surface area (Å²) in [5, 5.41) is 0. The molecule has 0 heterocycles. The molecule has 112 valence electrons. The van der Waals surface area contributed by atoms with Crippen molar-refractivity contribution in [1.29, 1.82) is 0 Å². The summed E-state index contributed by atoms with van der Waals surface area (Å²) in [7, 11) is -2.25. The van der Waals surface area contributed by atoms with Gasteiger partial charge < -0.3 is 4.57 Å². The van der Waals surface area contributed by atoms with Crippen LogP contribution in [0.25, 0.3) is 0 Å². The third-order valence-electron chi connectivity index (χ3n) is 4.01. The molecular weight excluding hydrogens is 279 g/mol. The van der Waals surface area contributed by atoms with Gasteiger partial charge in [-0.25, -0.2) is 0 Å². The fourth-order valence-corrected chi connectivity index (χ4v) is 3.81. The molecule has 0 spiro atoms. The zero-order chi connectivity index (χ0) is 15.3. The zero-order valence-corrected chi connectivity index (χ0v) is 13.8. The molecule has 3 heteroatoms. The molecule has 1 aromatic carbocycles. The summed E-state index contributed by atoms with van der Waals surface area (Å²) in [4.78, 5) is 12.1. The molecule has 0 radical (unpaired) electrons. The molecule has 2 rings (SSSR count). The first-order valence-electron chi connectivity index (χ1n) is 7.48. The van der Waals surface area contributed by atoms with Crippen LogP contribution in [0.1, 0.15) is 37.7 Å². The van der Waals surface area contributed by atoms with E-state index in [4.69, 9.17) is 0 Å². The molecule has 21 heavy (non-hydrogen) atoms. The van der Waals surface area contributed by atoms with Crippen LogP contribution in [0.15, 0.2) is 30.3 Å². The van der Waals surface area contributed by atoms with Gasteiger partial charge in [-0.05, 0) is 43.7 Å². The van der Waals surface area contributed by atoms with Crippen LogP contribution in [0.4, 0.5) is 0 Å². The third kappa shape index (κ3) is 5.18. The highest BCUT2D eigenvalue weighted by Gasteiger charge is 2.38. The van der Waals surface area contributed by atoms with Gasteiger partial charge in [0.05, 0.1) is 13.3 Å². The number of hydrogen-bond donors (Lipinski definition) is 0. The lowest BCUT2D eigenvalue weighted by molar-refractivity contribution is -0.120. The van der Waals surface area contributed by atoms with E-state index in [0.29, 0.717) is 6.42 Å². The fourth-order valence-electron chi connectivity index (χ4n) is 2.85. The predicted molar refractivity (Wildman–Crippen MR) is 88.2 cm³/mol. The van der Waals surface area contributed by atoms with E-state index in [2.05, 4.69) is 11.8 Å². The Morgan fingerprint density at radius 2 is 1.90 bits per heavy atom. The number of rotatable bonds is 5. The molecule has 0 unspecified atom stereocenters. The van der Waals surface area contributed by atoms with E-state index >= 15 is 0 Å². The number of carbonyl (C=O) groups excluding carboxylic acids is 1. The van der Waals surface area contributed by atoms with E-state index in [1.165, 1.54) is 6.42 Å². The summed E-state index contributed by atoms with van der Waals surface area (Å²) < 4.78 is 11.8. The van der Waals surface area contributed by atoms with Crippen LogP contribution in [0, 0.1) is 17.3 Å². The monoisotopic (exact) mass is 302 g/mol. The van der Waals surface area contributed by atoms with Crippen molar-refractivity contribution >= 4 is 12.9 Å². The van der Waals surface area contributed by atoms with Crippen molar-refractivity contribution in [3.05, 3.63) is 35.9 Å². The Hall–Kier alpha value is -1.32. The second kappa shape index (κ2) is 6.63. The van der Waals surface area contributed by atoms with E-state index in [1.807, 2.05) is 30.3 Å². The smallest absolute Gasteiger partial charge is 0.140 e. The van der Waals surface area contributed by atoms with Crippen molar-refractivity contribution in [3.63, 3.8) is 0 Å².